The zero-order chi connectivity index (χ0) is 17.4. The molecule has 2 N–H and O–H groups in total. The Labute approximate surface area is 165 Å². The lowest BCUT2D eigenvalue weighted by molar-refractivity contribution is 0.604. The van der Waals surface area contributed by atoms with Crippen molar-refractivity contribution in [3.63, 3.8) is 0 Å². The lowest BCUT2D eigenvalue weighted by Gasteiger charge is -2.12. The molecule has 0 radical (unpaired) electrons. The predicted molar refractivity (Wildman–Crippen MR) is 109 cm³/mol. The van der Waals surface area contributed by atoms with Crippen molar-refractivity contribution < 1.29 is 4.39 Å². The first kappa shape index (κ1) is 20.9. The minimum absolute atomic E-state index is 0. The molecule has 0 atom stereocenters. The summed E-state index contributed by atoms with van der Waals surface area (Å²) in [6, 6.07) is 14.5. The number of hydrogen-bond donors (Lipinski definition) is 2. The molecule has 6 heteroatoms. The van der Waals surface area contributed by atoms with Gasteiger partial charge in [-0.05, 0) is 37.1 Å². The van der Waals surface area contributed by atoms with Crippen LogP contribution in [0.1, 0.15) is 29.2 Å². The molecule has 0 bridgehead atoms. The molecule has 0 saturated carbocycles. The Kier molecular flexibility index (Phi) is 8.92. The number of nitrogens with zero attached hydrogens (tertiary/aromatic N) is 2. The van der Waals surface area contributed by atoms with Crippen molar-refractivity contribution in [1.82, 2.24) is 10.6 Å². The largest absolute Gasteiger partial charge is 0.357 e. The molecule has 2 aromatic rings. The van der Waals surface area contributed by atoms with Crippen molar-refractivity contribution in [2.75, 3.05) is 6.54 Å². The van der Waals surface area contributed by atoms with Crippen LogP contribution in [0.3, 0.4) is 0 Å². The maximum Gasteiger partial charge on any atom is 0.191 e. The third-order valence-corrected chi connectivity index (χ3v) is 3.64. The molecular weight excluding hydrogens is 430 g/mol. The maximum absolute atomic E-state index is 13.9. The Bertz CT molecular complexity index is 768. The zero-order valence-corrected chi connectivity index (χ0v) is 16.7. The minimum Gasteiger partial charge on any atom is -0.357 e. The standard InChI is InChI=1S/C19H21FN4.HI/c1-3-22-19(23-12-16-7-5-4-6-14(16)2)24-13-17-9-8-15(11-21)10-18(17)20;/h4-10H,3,12-13H2,1-2H3,(H2,22,23,24);1H. The Morgan fingerprint density at radius 3 is 2.56 bits per heavy atom. The molecule has 0 aliphatic rings. The van der Waals surface area contributed by atoms with E-state index in [2.05, 4.69) is 28.6 Å². The maximum atomic E-state index is 13.9. The van der Waals surface area contributed by atoms with Crippen molar-refractivity contribution in [2.24, 2.45) is 4.99 Å². The average molecular weight is 452 g/mol. The van der Waals surface area contributed by atoms with Crippen LogP contribution in [0.5, 0.6) is 0 Å². The molecule has 2 aromatic carbocycles. The van der Waals surface area contributed by atoms with Crippen LogP contribution in [0.15, 0.2) is 47.5 Å². The smallest absolute Gasteiger partial charge is 0.191 e. The molecule has 0 aliphatic heterocycles. The molecule has 0 spiro atoms. The lowest BCUT2D eigenvalue weighted by atomic mass is 10.1. The van der Waals surface area contributed by atoms with Crippen molar-refractivity contribution in [2.45, 2.75) is 26.9 Å². The Balaban J connectivity index is 0.00000312. The van der Waals surface area contributed by atoms with Crippen molar-refractivity contribution in [3.8, 4) is 6.07 Å². The molecule has 0 fully saturated rings. The summed E-state index contributed by atoms with van der Waals surface area (Å²) in [6.45, 7) is 5.61. The molecule has 2 rings (SSSR count). The van der Waals surface area contributed by atoms with Crippen LogP contribution in [-0.4, -0.2) is 12.5 Å². The molecule has 0 amide bonds. The number of benzene rings is 2. The number of aliphatic imine (C=N–C) groups is 1. The summed E-state index contributed by atoms with van der Waals surface area (Å²) < 4.78 is 13.9. The molecule has 0 aromatic heterocycles. The molecule has 0 unspecified atom stereocenters. The first-order chi connectivity index (χ1) is 11.6. The van der Waals surface area contributed by atoms with E-state index in [-0.39, 0.29) is 24.0 Å². The summed E-state index contributed by atoms with van der Waals surface area (Å²) in [5.41, 5.74) is 3.15. The highest BCUT2D eigenvalue weighted by Crippen LogP contribution is 2.10. The summed E-state index contributed by atoms with van der Waals surface area (Å²) in [5.74, 6) is 0.237. The van der Waals surface area contributed by atoms with Gasteiger partial charge in [-0.2, -0.15) is 5.26 Å². The van der Waals surface area contributed by atoms with Crippen molar-refractivity contribution in [1.29, 1.82) is 5.26 Å². The molecule has 132 valence electrons. The monoisotopic (exact) mass is 452 g/mol. The summed E-state index contributed by atoms with van der Waals surface area (Å²) in [4.78, 5) is 4.54. The highest BCUT2D eigenvalue weighted by molar-refractivity contribution is 14.0. The summed E-state index contributed by atoms with van der Waals surface area (Å²) in [5, 5.41) is 15.0. The molecule has 0 aliphatic carbocycles. The van der Waals surface area contributed by atoms with E-state index in [4.69, 9.17) is 5.26 Å². The van der Waals surface area contributed by atoms with Gasteiger partial charge in [0, 0.05) is 18.7 Å². The Morgan fingerprint density at radius 1 is 1.16 bits per heavy atom. The van der Waals surface area contributed by atoms with Gasteiger partial charge in [0.15, 0.2) is 5.96 Å². The van der Waals surface area contributed by atoms with Gasteiger partial charge >= 0.3 is 0 Å². The van der Waals surface area contributed by atoms with E-state index >= 15 is 0 Å². The number of hydrogen-bond acceptors (Lipinski definition) is 2. The van der Waals surface area contributed by atoms with Crippen molar-refractivity contribution >= 4 is 29.9 Å². The summed E-state index contributed by atoms with van der Waals surface area (Å²) in [6.07, 6.45) is 0. The Morgan fingerprint density at radius 2 is 1.92 bits per heavy atom. The number of guanidine groups is 1. The SMILES string of the molecule is CCNC(=NCc1ccccc1C)NCc1ccc(C#N)cc1F.I. The van der Waals surface area contributed by atoms with E-state index in [1.54, 1.807) is 12.1 Å². The normalized spacial score (nSPS) is 10.6. The minimum atomic E-state index is -0.392. The van der Waals surface area contributed by atoms with Crippen molar-refractivity contribution in [3.05, 3.63) is 70.5 Å². The number of nitrogens with one attached hydrogen (secondary N) is 2. The van der Waals surface area contributed by atoms with Gasteiger partial charge in [-0.15, -0.1) is 24.0 Å². The highest BCUT2D eigenvalue weighted by Gasteiger charge is 2.05. The molecular formula is C19H22FIN4. The molecule has 4 nitrogen and oxygen atoms in total. The highest BCUT2D eigenvalue weighted by atomic mass is 127. The third kappa shape index (κ3) is 6.35. The van der Waals surface area contributed by atoms with E-state index in [1.165, 1.54) is 11.6 Å². The fourth-order valence-electron chi connectivity index (χ4n) is 2.23. The van der Waals surface area contributed by atoms with Gasteiger partial charge in [-0.3, -0.25) is 0 Å². The molecule has 0 heterocycles. The second-order valence-electron chi connectivity index (χ2n) is 5.39. The van der Waals surface area contributed by atoms with Gasteiger partial charge in [0.2, 0.25) is 0 Å². The zero-order valence-electron chi connectivity index (χ0n) is 14.3. The topological polar surface area (TPSA) is 60.2 Å². The van der Waals surface area contributed by atoms with Crippen LogP contribution in [-0.2, 0) is 13.1 Å². The first-order valence-electron chi connectivity index (χ1n) is 7.89. The fraction of sp³-hybridized carbons (Fsp3) is 0.263. The van der Waals surface area contributed by atoms with E-state index < -0.39 is 5.82 Å². The van der Waals surface area contributed by atoms with E-state index in [9.17, 15) is 4.39 Å². The van der Waals surface area contributed by atoms with Gasteiger partial charge in [0.05, 0.1) is 18.2 Å². The van der Waals surface area contributed by atoms with Crippen LogP contribution in [0.25, 0.3) is 0 Å². The van der Waals surface area contributed by atoms with E-state index in [1.807, 2.05) is 31.2 Å². The van der Waals surface area contributed by atoms with Crippen LogP contribution in [0.4, 0.5) is 4.39 Å². The first-order valence-corrected chi connectivity index (χ1v) is 7.89. The summed E-state index contributed by atoms with van der Waals surface area (Å²) in [7, 11) is 0. The molecule has 25 heavy (non-hydrogen) atoms. The second kappa shape index (κ2) is 10.7. The van der Waals surface area contributed by atoms with E-state index in [0.717, 1.165) is 12.1 Å². The van der Waals surface area contributed by atoms with Crippen LogP contribution in [0, 0.1) is 24.1 Å². The third-order valence-electron chi connectivity index (χ3n) is 3.64. The van der Waals surface area contributed by atoms with Gasteiger partial charge < -0.3 is 10.6 Å². The summed E-state index contributed by atoms with van der Waals surface area (Å²) >= 11 is 0. The lowest BCUT2D eigenvalue weighted by Crippen LogP contribution is -2.37. The Hall–Kier alpha value is -2.14. The van der Waals surface area contributed by atoms with Gasteiger partial charge in [0.1, 0.15) is 5.82 Å². The number of aryl methyl sites for hydroxylation is 1. The van der Waals surface area contributed by atoms with Crippen LogP contribution < -0.4 is 10.6 Å². The van der Waals surface area contributed by atoms with E-state index in [0.29, 0.717) is 30.2 Å². The van der Waals surface area contributed by atoms with Gasteiger partial charge in [-0.25, -0.2) is 9.38 Å². The second-order valence-corrected chi connectivity index (χ2v) is 5.39. The number of nitriles is 1. The fourth-order valence-corrected chi connectivity index (χ4v) is 2.23. The number of halogens is 2. The predicted octanol–water partition coefficient (Wildman–Crippen LogP) is 3.88. The number of rotatable bonds is 5. The van der Waals surface area contributed by atoms with Gasteiger partial charge in [0.25, 0.3) is 0 Å². The quantitative estimate of drug-likeness (QED) is 0.411. The molecule has 0 saturated heterocycles. The van der Waals surface area contributed by atoms with Crippen LogP contribution in [0.2, 0.25) is 0 Å². The van der Waals surface area contributed by atoms with Gasteiger partial charge in [-0.1, -0.05) is 30.3 Å². The van der Waals surface area contributed by atoms with Crippen LogP contribution >= 0.6 is 24.0 Å². The average Bonchev–Trinajstić information content (AvgIpc) is 2.59.